The molecule has 15 heavy (non-hydrogen) atoms. The summed E-state index contributed by atoms with van der Waals surface area (Å²) in [5.41, 5.74) is 2.31. The van der Waals surface area contributed by atoms with Crippen LogP contribution in [0.5, 0.6) is 0 Å². The van der Waals surface area contributed by atoms with E-state index in [4.69, 9.17) is 12.2 Å². The predicted octanol–water partition coefficient (Wildman–Crippen LogP) is 3.63. The molecule has 0 spiro atoms. The molecule has 0 fully saturated rings. The van der Waals surface area contributed by atoms with Crippen LogP contribution < -0.4 is 0 Å². The van der Waals surface area contributed by atoms with E-state index in [1.54, 1.807) is 6.33 Å². The van der Waals surface area contributed by atoms with Crippen molar-refractivity contribution in [2.75, 3.05) is 0 Å². The predicted molar refractivity (Wildman–Crippen MR) is 67.7 cm³/mol. The van der Waals surface area contributed by atoms with Gasteiger partial charge in [0.05, 0.1) is 6.33 Å². The SMILES string of the molecule is CC1CC=C(c2c(S)nc[nH]c2=S)CC1. The van der Waals surface area contributed by atoms with Gasteiger partial charge in [-0.05, 0) is 30.8 Å². The number of hydrogen-bond acceptors (Lipinski definition) is 3. The van der Waals surface area contributed by atoms with Crippen molar-refractivity contribution in [3.8, 4) is 0 Å². The molecule has 2 rings (SSSR count). The largest absolute Gasteiger partial charge is 0.337 e. The van der Waals surface area contributed by atoms with Crippen molar-refractivity contribution in [2.24, 2.45) is 5.92 Å². The van der Waals surface area contributed by atoms with E-state index in [0.29, 0.717) is 0 Å². The second-order valence-corrected chi connectivity index (χ2v) is 4.87. The fourth-order valence-electron chi connectivity index (χ4n) is 1.87. The van der Waals surface area contributed by atoms with Gasteiger partial charge >= 0.3 is 0 Å². The Morgan fingerprint density at radius 2 is 2.40 bits per heavy atom. The zero-order valence-corrected chi connectivity index (χ0v) is 10.4. The summed E-state index contributed by atoms with van der Waals surface area (Å²) in [6.07, 6.45) is 7.31. The topological polar surface area (TPSA) is 28.7 Å². The van der Waals surface area contributed by atoms with Crippen LogP contribution in [0.4, 0.5) is 0 Å². The third-order valence-electron chi connectivity index (χ3n) is 2.83. The van der Waals surface area contributed by atoms with Gasteiger partial charge < -0.3 is 4.98 Å². The maximum atomic E-state index is 5.26. The number of allylic oxidation sites excluding steroid dienone is 2. The van der Waals surface area contributed by atoms with Crippen LogP contribution in [0, 0.1) is 10.6 Å². The Bertz CT molecular complexity index is 448. The Kier molecular flexibility index (Phi) is 3.26. The summed E-state index contributed by atoms with van der Waals surface area (Å²) in [6.45, 7) is 2.28. The summed E-state index contributed by atoms with van der Waals surface area (Å²) in [7, 11) is 0. The van der Waals surface area contributed by atoms with Crippen molar-refractivity contribution in [3.05, 3.63) is 22.6 Å². The molecule has 0 radical (unpaired) electrons. The van der Waals surface area contributed by atoms with E-state index in [-0.39, 0.29) is 0 Å². The fourth-order valence-corrected chi connectivity index (χ4v) is 2.54. The van der Waals surface area contributed by atoms with E-state index >= 15 is 0 Å². The average Bonchev–Trinajstić information content (AvgIpc) is 2.20. The first-order valence-corrected chi connectivity index (χ1v) is 6.00. The van der Waals surface area contributed by atoms with E-state index in [2.05, 4.69) is 35.6 Å². The molecule has 2 nitrogen and oxygen atoms in total. The Morgan fingerprint density at radius 1 is 1.60 bits per heavy atom. The smallest absolute Gasteiger partial charge is 0.114 e. The molecule has 0 saturated carbocycles. The molecule has 80 valence electrons. The summed E-state index contributed by atoms with van der Waals surface area (Å²) in [6, 6.07) is 0. The molecule has 1 N–H and O–H groups in total. The number of nitrogens with zero attached hydrogens (tertiary/aromatic N) is 1. The summed E-state index contributed by atoms with van der Waals surface area (Å²) < 4.78 is 0.746. The summed E-state index contributed by atoms with van der Waals surface area (Å²) >= 11 is 9.63. The van der Waals surface area contributed by atoms with Gasteiger partial charge in [0.1, 0.15) is 9.67 Å². The molecule has 0 aromatic carbocycles. The van der Waals surface area contributed by atoms with Gasteiger partial charge in [0.2, 0.25) is 0 Å². The van der Waals surface area contributed by atoms with Gasteiger partial charge in [-0.15, -0.1) is 12.6 Å². The Hall–Kier alpha value is -0.610. The van der Waals surface area contributed by atoms with Gasteiger partial charge in [-0.2, -0.15) is 0 Å². The summed E-state index contributed by atoms with van der Waals surface area (Å²) in [5.74, 6) is 0.784. The minimum Gasteiger partial charge on any atom is -0.337 e. The van der Waals surface area contributed by atoms with Crippen molar-refractivity contribution in [1.82, 2.24) is 9.97 Å². The third-order valence-corrected chi connectivity index (χ3v) is 3.49. The van der Waals surface area contributed by atoms with Gasteiger partial charge in [0, 0.05) is 5.56 Å². The van der Waals surface area contributed by atoms with Crippen LogP contribution >= 0.6 is 24.8 Å². The van der Waals surface area contributed by atoms with Crippen molar-refractivity contribution in [3.63, 3.8) is 0 Å². The van der Waals surface area contributed by atoms with Gasteiger partial charge in [-0.1, -0.05) is 25.2 Å². The zero-order chi connectivity index (χ0) is 10.8. The molecule has 1 heterocycles. The molecule has 1 aromatic heterocycles. The second kappa shape index (κ2) is 4.49. The molecule has 0 bridgehead atoms. The Balaban J connectivity index is 2.42. The molecular formula is C11H14N2S2. The second-order valence-electron chi connectivity index (χ2n) is 4.04. The number of aromatic amines is 1. The number of rotatable bonds is 1. The zero-order valence-electron chi connectivity index (χ0n) is 8.66. The fraction of sp³-hybridized carbons (Fsp3) is 0.455. The first-order chi connectivity index (χ1) is 7.18. The average molecular weight is 238 g/mol. The van der Waals surface area contributed by atoms with Crippen LogP contribution in [0.2, 0.25) is 0 Å². The minimum absolute atomic E-state index is 0.736. The molecule has 1 unspecified atom stereocenters. The Labute approximate surface area is 100 Å². The van der Waals surface area contributed by atoms with Crippen LogP contribution in [0.1, 0.15) is 31.7 Å². The molecule has 1 aromatic rings. The maximum Gasteiger partial charge on any atom is 0.114 e. The number of thiol groups is 1. The first-order valence-electron chi connectivity index (χ1n) is 5.14. The molecule has 4 heteroatoms. The van der Waals surface area contributed by atoms with Crippen LogP contribution in [-0.2, 0) is 0 Å². The van der Waals surface area contributed by atoms with Gasteiger partial charge in [0.15, 0.2) is 0 Å². The molecule has 1 atom stereocenters. The molecule has 0 saturated heterocycles. The highest BCUT2D eigenvalue weighted by Gasteiger charge is 2.15. The van der Waals surface area contributed by atoms with E-state index in [1.165, 1.54) is 12.0 Å². The van der Waals surface area contributed by atoms with Crippen molar-refractivity contribution in [1.29, 1.82) is 0 Å². The minimum atomic E-state index is 0.736. The number of aromatic nitrogens is 2. The molecule has 0 amide bonds. The van der Waals surface area contributed by atoms with Crippen LogP contribution in [0.3, 0.4) is 0 Å². The monoisotopic (exact) mass is 238 g/mol. The van der Waals surface area contributed by atoms with Crippen molar-refractivity contribution < 1.29 is 0 Å². The van der Waals surface area contributed by atoms with E-state index in [1.807, 2.05) is 0 Å². The molecule has 1 aliphatic carbocycles. The molecular weight excluding hydrogens is 224 g/mol. The highest BCUT2D eigenvalue weighted by molar-refractivity contribution is 7.80. The van der Waals surface area contributed by atoms with Crippen LogP contribution in [0.15, 0.2) is 17.4 Å². The van der Waals surface area contributed by atoms with E-state index in [9.17, 15) is 0 Å². The number of nitrogens with one attached hydrogen (secondary N) is 1. The van der Waals surface area contributed by atoms with Crippen molar-refractivity contribution >= 4 is 30.4 Å². The highest BCUT2D eigenvalue weighted by atomic mass is 32.1. The van der Waals surface area contributed by atoms with E-state index in [0.717, 1.165) is 34.0 Å². The first kappa shape index (κ1) is 10.9. The standard InChI is InChI=1S/C11H14N2S2/c1-7-2-4-8(5-3-7)9-10(14)12-6-13-11(9)15/h4,6-7H,2-3,5H2,1H3,(H2,12,13,14,15). The quantitative estimate of drug-likeness (QED) is 0.444. The van der Waals surface area contributed by atoms with Crippen molar-refractivity contribution in [2.45, 2.75) is 31.2 Å². The summed E-state index contributed by atoms with van der Waals surface area (Å²) in [5, 5.41) is 0.736. The Morgan fingerprint density at radius 3 is 3.00 bits per heavy atom. The van der Waals surface area contributed by atoms with Gasteiger partial charge in [-0.25, -0.2) is 4.98 Å². The summed E-state index contributed by atoms with van der Waals surface area (Å²) in [4.78, 5) is 7.10. The molecule has 1 aliphatic rings. The van der Waals surface area contributed by atoms with Gasteiger partial charge in [0.25, 0.3) is 0 Å². The highest BCUT2D eigenvalue weighted by Crippen LogP contribution is 2.32. The number of H-pyrrole nitrogens is 1. The van der Waals surface area contributed by atoms with Crippen LogP contribution in [-0.4, -0.2) is 9.97 Å². The maximum absolute atomic E-state index is 5.26. The number of hydrogen-bond donors (Lipinski definition) is 2. The lowest BCUT2D eigenvalue weighted by molar-refractivity contribution is 0.533. The third kappa shape index (κ3) is 2.32. The lowest BCUT2D eigenvalue weighted by atomic mass is 9.89. The lowest BCUT2D eigenvalue weighted by Crippen LogP contribution is -2.03. The van der Waals surface area contributed by atoms with Gasteiger partial charge in [-0.3, -0.25) is 0 Å². The molecule has 0 aliphatic heterocycles. The normalized spacial score (nSPS) is 21.2. The van der Waals surface area contributed by atoms with E-state index < -0.39 is 0 Å². The van der Waals surface area contributed by atoms with Crippen LogP contribution in [0.25, 0.3) is 5.57 Å². The lowest BCUT2D eigenvalue weighted by Gasteiger charge is -2.18.